The van der Waals surface area contributed by atoms with Gasteiger partial charge in [0.2, 0.25) is 0 Å². The summed E-state index contributed by atoms with van der Waals surface area (Å²) in [6.45, 7) is 6.80. The van der Waals surface area contributed by atoms with Crippen molar-refractivity contribution < 1.29 is 0 Å². The summed E-state index contributed by atoms with van der Waals surface area (Å²) in [5, 5.41) is 12.4. The molecule has 0 radical (unpaired) electrons. The fraction of sp³-hybridized carbons (Fsp3) is 0.429. The minimum atomic E-state index is 0.776. The quantitative estimate of drug-likeness (QED) is 0.794. The number of aryl methyl sites for hydroxylation is 1. The van der Waals surface area contributed by atoms with Crippen LogP contribution in [0.5, 0.6) is 0 Å². The first-order valence-corrected chi connectivity index (χ1v) is 6.55. The first kappa shape index (κ1) is 12.8. The fourth-order valence-electron chi connectivity index (χ4n) is 1.85. The van der Waals surface area contributed by atoms with E-state index >= 15 is 0 Å². The zero-order valence-electron chi connectivity index (χ0n) is 11.1. The summed E-state index contributed by atoms with van der Waals surface area (Å²) < 4.78 is 0. The molecule has 0 unspecified atom stereocenters. The monoisotopic (exact) mass is 244 g/mol. The van der Waals surface area contributed by atoms with E-state index in [9.17, 15) is 0 Å². The van der Waals surface area contributed by atoms with Crippen molar-refractivity contribution in [1.82, 2.24) is 20.3 Å². The van der Waals surface area contributed by atoms with E-state index in [0.29, 0.717) is 0 Å². The maximum absolute atomic E-state index is 4.54. The standard InChI is InChI=1S/C14H20N4/c1-3-10-15-11-13-14(17-18(4-2)16-13)12-8-6-5-7-9-12/h5-9,15H,3-4,10-11H2,1-2H3. The van der Waals surface area contributed by atoms with E-state index in [1.54, 1.807) is 4.80 Å². The summed E-state index contributed by atoms with van der Waals surface area (Å²) in [6, 6.07) is 10.2. The Kier molecular flexibility index (Phi) is 4.47. The van der Waals surface area contributed by atoms with Crippen LogP contribution in [0.25, 0.3) is 11.3 Å². The lowest BCUT2D eigenvalue weighted by molar-refractivity contribution is 0.557. The van der Waals surface area contributed by atoms with Crippen molar-refractivity contribution in [3.8, 4) is 11.3 Å². The van der Waals surface area contributed by atoms with Crippen LogP contribution in [0.4, 0.5) is 0 Å². The highest BCUT2D eigenvalue weighted by atomic mass is 15.5. The first-order chi connectivity index (χ1) is 8.85. The van der Waals surface area contributed by atoms with E-state index in [2.05, 4.69) is 41.5 Å². The summed E-state index contributed by atoms with van der Waals surface area (Å²) in [5.74, 6) is 0. The maximum Gasteiger partial charge on any atom is 0.117 e. The lowest BCUT2D eigenvalue weighted by atomic mass is 10.1. The molecule has 18 heavy (non-hydrogen) atoms. The third-order valence-electron chi connectivity index (χ3n) is 2.77. The van der Waals surface area contributed by atoms with Gasteiger partial charge in [-0.1, -0.05) is 37.3 Å². The van der Waals surface area contributed by atoms with Crippen molar-refractivity contribution in [3.05, 3.63) is 36.0 Å². The molecule has 1 aromatic carbocycles. The highest BCUT2D eigenvalue weighted by Crippen LogP contribution is 2.19. The van der Waals surface area contributed by atoms with E-state index in [0.717, 1.165) is 43.0 Å². The van der Waals surface area contributed by atoms with Gasteiger partial charge >= 0.3 is 0 Å². The van der Waals surface area contributed by atoms with Gasteiger partial charge in [0.05, 0.1) is 6.54 Å². The average molecular weight is 244 g/mol. The van der Waals surface area contributed by atoms with E-state index in [1.165, 1.54) is 0 Å². The number of benzene rings is 1. The van der Waals surface area contributed by atoms with Crippen molar-refractivity contribution in [1.29, 1.82) is 0 Å². The number of hydrogen-bond acceptors (Lipinski definition) is 3. The normalized spacial score (nSPS) is 10.8. The number of aromatic nitrogens is 3. The number of nitrogens with zero attached hydrogens (tertiary/aromatic N) is 3. The number of nitrogens with one attached hydrogen (secondary N) is 1. The summed E-state index contributed by atoms with van der Waals surface area (Å²) in [4.78, 5) is 1.76. The third-order valence-corrected chi connectivity index (χ3v) is 2.77. The second kappa shape index (κ2) is 6.31. The molecule has 0 aliphatic rings. The maximum atomic E-state index is 4.54. The lowest BCUT2D eigenvalue weighted by Crippen LogP contribution is -2.15. The van der Waals surface area contributed by atoms with Gasteiger partial charge in [0.15, 0.2) is 0 Å². The summed E-state index contributed by atoms with van der Waals surface area (Å²) >= 11 is 0. The Hall–Kier alpha value is -1.68. The SMILES string of the molecule is CCCNCc1nn(CC)nc1-c1ccccc1. The van der Waals surface area contributed by atoms with Crippen molar-refractivity contribution in [2.75, 3.05) is 6.54 Å². The molecule has 1 N–H and O–H groups in total. The topological polar surface area (TPSA) is 42.7 Å². The molecule has 2 aromatic rings. The molecular weight excluding hydrogens is 224 g/mol. The van der Waals surface area contributed by atoms with Gasteiger partial charge in [-0.05, 0) is 19.9 Å². The lowest BCUT2D eigenvalue weighted by Gasteiger charge is -2.02. The molecule has 0 amide bonds. The Morgan fingerprint density at radius 1 is 1.11 bits per heavy atom. The highest BCUT2D eigenvalue weighted by Gasteiger charge is 2.11. The molecule has 0 fully saturated rings. The van der Waals surface area contributed by atoms with Crippen LogP contribution in [0.15, 0.2) is 30.3 Å². The van der Waals surface area contributed by atoms with Gasteiger partial charge in [0.1, 0.15) is 11.4 Å². The molecular formula is C14H20N4. The predicted octanol–water partition coefficient (Wildman–Crippen LogP) is 2.46. The fourth-order valence-corrected chi connectivity index (χ4v) is 1.85. The zero-order chi connectivity index (χ0) is 12.8. The van der Waals surface area contributed by atoms with Gasteiger partial charge in [-0.3, -0.25) is 0 Å². The van der Waals surface area contributed by atoms with Crippen molar-refractivity contribution in [2.24, 2.45) is 0 Å². The average Bonchev–Trinajstić information content (AvgIpc) is 2.83. The van der Waals surface area contributed by atoms with Crippen molar-refractivity contribution in [3.63, 3.8) is 0 Å². The van der Waals surface area contributed by atoms with Gasteiger partial charge in [0.25, 0.3) is 0 Å². The van der Waals surface area contributed by atoms with Gasteiger partial charge in [0, 0.05) is 12.1 Å². The largest absolute Gasteiger partial charge is 0.311 e. The van der Waals surface area contributed by atoms with Crippen molar-refractivity contribution >= 4 is 0 Å². The molecule has 0 atom stereocenters. The van der Waals surface area contributed by atoms with Crippen molar-refractivity contribution in [2.45, 2.75) is 33.4 Å². The molecule has 2 rings (SSSR count). The zero-order valence-corrected chi connectivity index (χ0v) is 11.1. The van der Waals surface area contributed by atoms with Gasteiger partial charge in [-0.15, -0.1) is 0 Å². The van der Waals surface area contributed by atoms with Crippen LogP contribution >= 0.6 is 0 Å². The van der Waals surface area contributed by atoms with E-state index < -0.39 is 0 Å². The molecule has 4 heteroatoms. The molecule has 96 valence electrons. The Morgan fingerprint density at radius 3 is 2.56 bits per heavy atom. The van der Waals surface area contributed by atoms with Crippen LogP contribution in [-0.2, 0) is 13.1 Å². The Balaban J connectivity index is 2.24. The van der Waals surface area contributed by atoms with Crippen LogP contribution in [0.3, 0.4) is 0 Å². The number of rotatable bonds is 6. The van der Waals surface area contributed by atoms with Crippen LogP contribution in [0, 0.1) is 0 Å². The minimum Gasteiger partial charge on any atom is -0.311 e. The van der Waals surface area contributed by atoms with Crippen LogP contribution in [0.1, 0.15) is 26.0 Å². The smallest absolute Gasteiger partial charge is 0.117 e. The van der Waals surface area contributed by atoms with Gasteiger partial charge < -0.3 is 5.32 Å². The van der Waals surface area contributed by atoms with Crippen LogP contribution in [0.2, 0.25) is 0 Å². The molecule has 0 bridgehead atoms. The second-order valence-electron chi connectivity index (χ2n) is 4.23. The number of hydrogen-bond donors (Lipinski definition) is 1. The molecule has 0 spiro atoms. The van der Waals surface area contributed by atoms with Crippen LogP contribution < -0.4 is 5.32 Å². The summed E-state index contributed by atoms with van der Waals surface area (Å²) in [7, 11) is 0. The highest BCUT2D eigenvalue weighted by molar-refractivity contribution is 5.60. The predicted molar refractivity (Wildman–Crippen MR) is 73.1 cm³/mol. The second-order valence-corrected chi connectivity index (χ2v) is 4.23. The Morgan fingerprint density at radius 2 is 1.89 bits per heavy atom. The van der Waals surface area contributed by atoms with Gasteiger partial charge in [-0.2, -0.15) is 15.0 Å². The van der Waals surface area contributed by atoms with E-state index in [1.807, 2.05) is 18.2 Å². The third kappa shape index (κ3) is 2.96. The first-order valence-electron chi connectivity index (χ1n) is 6.55. The Bertz CT molecular complexity index is 476. The molecule has 1 aromatic heterocycles. The molecule has 0 aliphatic heterocycles. The summed E-state index contributed by atoms with van der Waals surface area (Å²) in [5.41, 5.74) is 3.14. The molecule has 0 saturated heterocycles. The Labute approximate surface area is 108 Å². The van der Waals surface area contributed by atoms with Gasteiger partial charge in [-0.25, -0.2) is 0 Å². The van der Waals surface area contributed by atoms with Crippen LogP contribution in [-0.4, -0.2) is 21.5 Å². The molecule has 0 aliphatic carbocycles. The van der Waals surface area contributed by atoms with E-state index in [4.69, 9.17) is 0 Å². The summed E-state index contributed by atoms with van der Waals surface area (Å²) in [6.07, 6.45) is 1.13. The molecule has 0 saturated carbocycles. The molecule has 4 nitrogen and oxygen atoms in total. The molecule has 1 heterocycles. The minimum absolute atomic E-state index is 0.776. The van der Waals surface area contributed by atoms with E-state index in [-0.39, 0.29) is 0 Å².